The smallest absolute Gasteiger partial charge is 0.374 e. The Labute approximate surface area is 158 Å². The number of hydrogen-bond acceptors (Lipinski definition) is 3. The largest absolute Gasteiger partial charge is 0.446 e. The molecule has 1 N–H and O–H groups in total. The van der Waals surface area contributed by atoms with Gasteiger partial charge in [0, 0.05) is 26.4 Å². The molecule has 1 fully saturated rings. The topological polar surface area (TPSA) is 41.3 Å². The van der Waals surface area contributed by atoms with Crippen molar-refractivity contribution in [3.05, 3.63) is 11.3 Å². The highest BCUT2D eigenvalue weighted by Gasteiger charge is 2.80. The highest BCUT2D eigenvalue weighted by molar-refractivity contribution is 6.01. The van der Waals surface area contributed by atoms with Crippen LogP contribution in [0.1, 0.15) is 46.5 Å². The third-order valence-corrected chi connectivity index (χ3v) is 5.59. The van der Waals surface area contributed by atoms with Crippen LogP contribution in [0.2, 0.25) is 0 Å². The number of halogens is 6. The molecule has 0 aromatic heterocycles. The van der Waals surface area contributed by atoms with Crippen molar-refractivity contribution in [2.45, 2.75) is 70.4 Å². The minimum atomic E-state index is -5.74. The summed E-state index contributed by atoms with van der Waals surface area (Å²) >= 11 is 0. The average Bonchev–Trinajstić information content (AvgIpc) is 2.99. The molecule has 28 heavy (non-hydrogen) atoms. The second-order valence-corrected chi connectivity index (χ2v) is 8.46. The molecule has 0 bridgehead atoms. The number of rotatable bonds is 2. The van der Waals surface area contributed by atoms with Crippen molar-refractivity contribution >= 4 is 11.6 Å². The summed E-state index contributed by atoms with van der Waals surface area (Å²) < 4.78 is 90.3. The maximum Gasteiger partial charge on any atom is 0.446 e. The predicted molar refractivity (Wildman–Crippen MR) is 87.8 cm³/mol. The molecule has 2 heterocycles. The van der Waals surface area contributed by atoms with Crippen LogP contribution in [0.5, 0.6) is 0 Å². The molecule has 0 spiro atoms. The lowest BCUT2D eigenvalue weighted by atomic mass is 9.69. The third kappa shape index (κ3) is 3.23. The molecular formula is C18H23F6N2O2+. The summed E-state index contributed by atoms with van der Waals surface area (Å²) in [6.45, 7) is 5.11. The van der Waals surface area contributed by atoms with E-state index in [2.05, 4.69) is 0 Å². The monoisotopic (exact) mass is 413 g/mol. The van der Waals surface area contributed by atoms with Gasteiger partial charge < -0.3 is 4.74 Å². The van der Waals surface area contributed by atoms with E-state index in [1.165, 1.54) is 11.5 Å². The van der Waals surface area contributed by atoms with E-state index in [9.17, 15) is 31.1 Å². The van der Waals surface area contributed by atoms with Gasteiger partial charge in [0.05, 0.1) is 6.10 Å². The fourth-order valence-corrected chi connectivity index (χ4v) is 4.37. The highest BCUT2D eigenvalue weighted by atomic mass is 19.4. The number of alkyl halides is 6. The molecule has 1 aliphatic carbocycles. The zero-order chi connectivity index (χ0) is 21.1. The molecule has 3 aliphatic rings. The van der Waals surface area contributed by atoms with Crippen LogP contribution in [0.3, 0.4) is 0 Å². The normalized spacial score (nSPS) is 27.8. The Kier molecular flexibility index (Phi) is 4.88. The second-order valence-electron chi connectivity index (χ2n) is 8.46. The van der Waals surface area contributed by atoms with Crippen LogP contribution in [0.25, 0.3) is 0 Å². The van der Waals surface area contributed by atoms with Crippen molar-refractivity contribution in [1.29, 1.82) is 0 Å². The Morgan fingerprint density at radius 1 is 1.14 bits per heavy atom. The summed E-state index contributed by atoms with van der Waals surface area (Å²) in [6, 6.07) is 0. The number of amidine groups is 1. The number of carbonyl (C=O) groups is 1. The van der Waals surface area contributed by atoms with E-state index in [1.54, 1.807) is 19.2 Å². The van der Waals surface area contributed by atoms with Gasteiger partial charge in [-0.2, -0.15) is 26.3 Å². The molecule has 4 nitrogen and oxygen atoms in total. The van der Waals surface area contributed by atoms with Crippen molar-refractivity contribution in [3.63, 3.8) is 0 Å². The van der Waals surface area contributed by atoms with Crippen LogP contribution in [-0.4, -0.2) is 53.3 Å². The van der Waals surface area contributed by atoms with E-state index in [1.807, 2.05) is 0 Å². The van der Waals surface area contributed by atoms with E-state index < -0.39 is 34.7 Å². The van der Waals surface area contributed by atoms with Gasteiger partial charge >= 0.3 is 17.9 Å². The van der Waals surface area contributed by atoms with Gasteiger partial charge in [-0.3, -0.25) is 10.1 Å². The molecule has 2 aliphatic heterocycles. The van der Waals surface area contributed by atoms with Gasteiger partial charge in [-0.15, -0.1) is 0 Å². The maximum atomic E-state index is 13.9. The fraction of sp³-hybridized carbons (Fsp3) is 0.778. The molecule has 1 atom stereocenters. The fourth-order valence-electron chi connectivity index (χ4n) is 4.37. The van der Waals surface area contributed by atoms with Crippen LogP contribution >= 0.6 is 0 Å². The number of Topliss-reactive ketones (excluding diaryl/α,β-unsaturated/α-hetero) is 1. The molecule has 0 saturated carbocycles. The number of nitrogens with zero attached hydrogens (tertiary/aromatic N) is 1. The Morgan fingerprint density at radius 2 is 1.75 bits per heavy atom. The molecule has 3 rings (SSSR count). The molecule has 0 aromatic carbocycles. The molecule has 0 radical (unpaired) electrons. The molecular weight excluding hydrogens is 390 g/mol. The Hall–Kier alpha value is -1.58. The standard InChI is InChI=1S/C18H22F6N2O2/c1-10-25-16(17(19,20)21,18(22,23)24)14-12(7-15(2,3)8-13(14)27)26(10)9-11-5-4-6-28-11/h11H,4-9H2,1-3H3/p+1/t11-/m1/s1. The van der Waals surface area contributed by atoms with Crippen molar-refractivity contribution in [1.82, 2.24) is 5.32 Å². The van der Waals surface area contributed by atoms with Gasteiger partial charge in [-0.05, 0) is 18.3 Å². The van der Waals surface area contributed by atoms with Crippen molar-refractivity contribution in [2.75, 3.05) is 13.2 Å². The predicted octanol–water partition coefficient (Wildman–Crippen LogP) is 3.71. The summed E-state index contributed by atoms with van der Waals surface area (Å²) in [5.74, 6) is -1.41. The maximum absolute atomic E-state index is 13.9. The van der Waals surface area contributed by atoms with E-state index in [4.69, 9.17) is 4.74 Å². The first kappa shape index (κ1) is 21.1. The first-order valence-electron chi connectivity index (χ1n) is 9.11. The summed E-state index contributed by atoms with van der Waals surface area (Å²) in [4.78, 5) is 12.7. The molecule has 0 unspecified atom stereocenters. The van der Waals surface area contributed by atoms with Crippen LogP contribution in [0.4, 0.5) is 26.3 Å². The first-order chi connectivity index (χ1) is 12.7. The number of ketones is 1. The summed E-state index contributed by atoms with van der Waals surface area (Å²) in [7, 11) is 0. The second kappa shape index (κ2) is 6.47. The lowest BCUT2D eigenvalue weighted by Gasteiger charge is -2.43. The summed E-state index contributed by atoms with van der Waals surface area (Å²) in [5.41, 5.74) is -6.58. The third-order valence-electron chi connectivity index (χ3n) is 5.59. The minimum absolute atomic E-state index is 0.0618. The lowest BCUT2D eigenvalue weighted by molar-refractivity contribution is -0.501. The van der Waals surface area contributed by atoms with Crippen LogP contribution in [0.15, 0.2) is 11.3 Å². The zero-order valence-corrected chi connectivity index (χ0v) is 15.9. The number of ether oxygens (including phenoxy) is 1. The van der Waals surface area contributed by atoms with Crippen molar-refractivity contribution in [2.24, 2.45) is 5.41 Å². The number of nitrogens with one attached hydrogen (secondary N) is 1. The van der Waals surface area contributed by atoms with Crippen LogP contribution < -0.4 is 5.32 Å². The van der Waals surface area contributed by atoms with Gasteiger partial charge in [0.1, 0.15) is 17.8 Å². The van der Waals surface area contributed by atoms with Crippen molar-refractivity contribution in [3.8, 4) is 0 Å². The Balaban J connectivity index is 2.24. The van der Waals surface area contributed by atoms with Crippen LogP contribution in [0, 0.1) is 5.41 Å². The van der Waals surface area contributed by atoms with Crippen LogP contribution in [-0.2, 0) is 9.53 Å². The van der Waals surface area contributed by atoms with Gasteiger partial charge in [-0.1, -0.05) is 13.8 Å². The quantitative estimate of drug-likeness (QED) is 0.555. The van der Waals surface area contributed by atoms with E-state index in [-0.39, 0.29) is 37.0 Å². The Morgan fingerprint density at radius 3 is 2.25 bits per heavy atom. The van der Waals surface area contributed by atoms with E-state index in [0.29, 0.717) is 13.0 Å². The molecule has 1 saturated heterocycles. The van der Waals surface area contributed by atoms with Gasteiger partial charge in [0.2, 0.25) is 5.84 Å². The lowest BCUT2D eigenvalue weighted by Crippen LogP contribution is -2.73. The zero-order valence-electron chi connectivity index (χ0n) is 15.9. The van der Waals surface area contributed by atoms with E-state index >= 15 is 0 Å². The molecule has 10 heteroatoms. The SMILES string of the molecule is CC1=[N+](C[C@H]2CCCO2)C2=C(C(=O)CC(C)(C)C2)C(C(F)(F)F)(C(F)(F)F)N1. The number of hydrogen-bond donors (Lipinski definition) is 1. The van der Waals surface area contributed by atoms with Crippen molar-refractivity contribution < 1.29 is 40.4 Å². The first-order valence-corrected chi connectivity index (χ1v) is 9.11. The Bertz CT molecular complexity index is 728. The highest BCUT2D eigenvalue weighted by Crippen LogP contribution is 2.53. The number of allylic oxidation sites excluding steroid dienone is 1. The minimum Gasteiger partial charge on any atom is -0.374 e. The van der Waals surface area contributed by atoms with Gasteiger partial charge in [0.25, 0.3) is 0 Å². The molecule has 0 amide bonds. The van der Waals surface area contributed by atoms with Gasteiger partial charge in [0.15, 0.2) is 5.78 Å². The van der Waals surface area contributed by atoms with Gasteiger partial charge in [-0.25, -0.2) is 4.58 Å². The molecule has 0 aromatic rings. The van der Waals surface area contributed by atoms with E-state index in [0.717, 1.165) is 6.42 Å². The summed E-state index contributed by atoms with van der Waals surface area (Å²) in [6.07, 6.45) is -10.8. The summed E-state index contributed by atoms with van der Waals surface area (Å²) in [5, 5.41) is 1.65. The number of carbonyl (C=O) groups excluding carboxylic acids is 1. The average molecular weight is 413 g/mol. The molecule has 158 valence electrons.